The van der Waals surface area contributed by atoms with Crippen molar-refractivity contribution >= 4 is 27.5 Å². The molecule has 2 rings (SSSR count). The molecule has 1 heterocycles. The highest BCUT2D eigenvalue weighted by Gasteiger charge is 2.08. The maximum absolute atomic E-state index is 10.9. The van der Waals surface area contributed by atoms with Gasteiger partial charge in [-0.15, -0.1) is 11.3 Å². The van der Waals surface area contributed by atoms with Crippen molar-refractivity contribution in [3.63, 3.8) is 0 Å². The molecule has 0 saturated carbocycles. The van der Waals surface area contributed by atoms with Gasteiger partial charge in [-0.3, -0.25) is 0 Å². The van der Waals surface area contributed by atoms with Crippen molar-refractivity contribution in [1.29, 1.82) is 0 Å². The molecule has 20 heavy (non-hydrogen) atoms. The first-order chi connectivity index (χ1) is 9.70. The second-order valence-corrected chi connectivity index (χ2v) is 6.23. The van der Waals surface area contributed by atoms with E-state index in [0.29, 0.717) is 5.56 Å². The number of carbonyl (C=O) groups is 1. The summed E-state index contributed by atoms with van der Waals surface area (Å²) in [5, 5.41) is 10.1. The Hall–Kier alpha value is -1.42. The van der Waals surface area contributed by atoms with Gasteiger partial charge in [-0.05, 0) is 31.0 Å². The van der Waals surface area contributed by atoms with E-state index in [1.165, 1.54) is 38.5 Å². The quantitative estimate of drug-likeness (QED) is 0.704. The first kappa shape index (κ1) is 15.0. The highest BCUT2D eigenvalue weighted by molar-refractivity contribution is 7.18. The van der Waals surface area contributed by atoms with Gasteiger partial charge < -0.3 is 5.11 Å². The average molecular weight is 291 g/mol. The van der Waals surface area contributed by atoms with Crippen molar-refractivity contribution < 1.29 is 9.90 Å². The Bertz CT molecular complexity index is 577. The van der Waals surface area contributed by atoms with Crippen LogP contribution in [0.4, 0.5) is 0 Å². The van der Waals surface area contributed by atoms with Gasteiger partial charge in [0.25, 0.3) is 0 Å². The van der Waals surface area contributed by atoms with Gasteiger partial charge >= 0.3 is 5.97 Å². The fourth-order valence-corrected chi connectivity index (χ4v) is 3.32. The number of hydrogen-bond donors (Lipinski definition) is 1. The summed E-state index contributed by atoms with van der Waals surface area (Å²) in [4.78, 5) is 15.5. The molecule has 0 atom stereocenters. The molecular formula is C16H21NO2S. The molecule has 4 heteroatoms. The third kappa shape index (κ3) is 4.04. The normalized spacial score (nSPS) is 11.1. The van der Waals surface area contributed by atoms with E-state index in [0.717, 1.165) is 21.6 Å². The van der Waals surface area contributed by atoms with E-state index in [1.807, 2.05) is 0 Å². The zero-order valence-electron chi connectivity index (χ0n) is 11.9. The first-order valence-electron chi connectivity index (χ1n) is 7.33. The summed E-state index contributed by atoms with van der Waals surface area (Å²) in [5.41, 5.74) is 1.26. The van der Waals surface area contributed by atoms with Crippen LogP contribution in [0.3, 0.4) is 0 Å². The van der Waals surface area contributed by atoms with Gasteiger partial charge in [0.15, 0.2) is 0 Å². The molecule has 1 aromatic carbocycles. The van der Waals surface area contributed by atoms with Crippen molar-refractivity contribution in [3.8, 4) is 0 Å². The second-order valence-electron chi connectivity index (χ2n) is 5.11. The predicted octanol–water partition coefficient (Wildman–Crippen LogP) is 4.90. The van der Waals surface area contributed by atoms with Crippen LogP contribution < -0.4 is 0 Å². The van der Waals surface area contributed by atoms with Crippen LogP contribution in [0, 0.1) is 0 Å². The lowest BCUT2D eigenvalue weighted by Gasteiger charge is -1.98. The fraction of sp³-hybridized carbons (Fsp3) is 0.500. The second kappa shape index (κ2) is 7.39. The van der Waals surface area contributed by atoms with Crippen molar-refractivity contribution in [1.82, 2.24) is 4.98 Å². The summed E-state index contributed by atoms with van der Waals surface area (Å²) >= 11 is 1.62. The fourth-order valence-electron chi connectivity index (χ4n) is 2.27. The van der Waals surface area contributed by atoms with Gasteiger partial charge in [0.05, 0.1) is 20.8 Å². The number of fused-ring (bicyclic) bond motifs is 1. The number of nitrogens with zero attached hydrogens (tertiary/aromatic N) is 1. The van der Waals surface area contributed by atoms with Crippen LogP contribution in [-0.2, 0) is 6.42 Å². The van der Waals surface area contributed by atoms with Crippen LogP contribution in [0.5, 0.6) is 0 Å². The third-order valence-corrected chi connectivity index (χ3v) is 4.50. The van der Waals surface area contributed by atoms with E-state index >= 15 is 0 Å². The summed E-state index contributed by atoms with van der Waals surface area (Å²) in [6.07, 6.45) is 8.70. The average Bonchev–Trinajstić information content (AvgIpc) is 2.84. The van der Waals surface area contributed by atoms with Gasteiger partial charge in [-0.1, -0.05) is 39.0 Å². The van der Waals surface area contributed by atoms with Gasteiger partial charge in [0.1, 0.15) is 0 Å². The maximum atomic E-state index is 10.9. The van der Waals surface area contributed by atoms with Gasteiger partial charge in [0.2, 0.25) is 0 Å². The highest BCUT2D eigenvalue weighted by Crippen LogP contribution is 2.24. The van der Waals surface area contributed by atoms with Crippen LogP contribution in [0.25, 0.3) is 10.2 Å². The van der Waals surface area contributed by atoms with Crippen LogP contribution in [0.15, 0.2) is 18.2 Å². The van der Waals surface area contributed by atoms with Crippen LogP contribution in [0.1, 0.15) is 60.8 Å². The van der Waals surface area contributed by atoms with E-state index in [-0.39, 0.29) is 0 Å². The summed E-state index contributed by atoms with van der Waals surface area (Å²) in [6.45, 7) is 2.23. The molecule has 0 radical (unpaired) electrons. The van der Waals surface area contributed by atoms with Gasteiger partial charge in [-0.2, -0.15) is 0 Å². The lowest BCUT2D eigenvalue weighted by atomic mass is 10.1. The Labute approximate surface area is 123 Å². The van der Waals surface area contributed by atoms with E-state index in [4.69, 9.17) is 5.11 Å². The minimum absolute atomic E-state index is 0.340. The molecular weight excluding hydrogens is 270 g/mol. The van der Waals surface area contributed by atoms with Gasteiger partial charge in [-0.25, -0.2) is 9.78 Å². The molecule has 3 nitrogen and oxygen atoms in total. The van der Waals surface area contributed by atoms with E-state index in [9.17, 15) is 4.79 Å². The topological polar surface area (TPSA) is 50.2 Å². The molecule has 2 aromatic rings. The molecule has 1 N–H and O–H groups in total. The molecule has 0 bridgehead atoms. The minimum atomic E-state index is -0.877. The Morgan fingerprint density at radius 1 is 1.20 bits per heavy atom. The smallest absolute Gasteiger partial charge is 0.335 e. The largest absolute Gasteiger partial charge is 0.478 e. The van der Waals surface area contributed by atoms with Crippen molar-refractivity contribution in [2.75, 3.05) is 0 Å². The number of carboxylic acids is 1. The number of hydrogen-bond acceptors (Lipinski definition) is 3. The molecule has 0 aliphatic heterocycles. The number of carboxylic acid groups (broad SMARTS) is 1. The Morgan fingerprint density at radius 2 is 1.95 bits per heavy atom. The molecule has 0 aliphatic carbocycles. The number of aryl methyl sites for hydroxylation is 1. The molecule has 0 aliphatic rings. The molecule has 0 amide bonds. The summed E-state index contributed by atoms with van der Waals surface area (Å²) < 4.78 is 0.978. The zero-order chi connectivity index (χ0) is 14.4. The van der Waals surface area contributed by atoms with Crippen LogP contribution >= 0.6 is 11.3 Å². The van der Waals surface area contributed by atoms with E-state index in [2.05, 4.69) is 11.9 Å². The van der Waals surface area contributed by atoms with Crippen LogP contribution in [0.2, 0.25) is 0 Å². The number of rotatable bonds is 8. The molecule has 0 saturated heterocycles. The SMILES string of the molecule is CCCCCCCCc1nc2ccc(C(=O)O)cc2s1. The van der Waals surface area contributed by atoms with E-state index < -0.39 is 5.97 Å². The number of thiazole rings is 1. The lowest BCUT2D eigenvalue weighted by molar-refractivity contribution is 0.0697. The van der Waals surface area contributed by atoms with Crippen LogP contribution in [-0.4, -0.2) is 16.1 Å². The highest BCUT2D eigenvalue weighted by atomic mass is 32.1. The summed E-state index contributed by atoms with van der Waals surface area (Å²) in [6, 6.07) is 5.15. The molecule has 0 fully saturated rings. The standard InChI is InChI=1S/C16H21NO2S/c1-2-3-4-5-6-7-8-15-17-13-10-9-12(16(18)19)11-14(13)20-15/h9-11H,2-8H2,1H3,(H,18,19). The number of aromatic carboxylic acids is 1. The van der Waals surface area contributed by atoms with Crippen molar-refractivity contribution in [2.24, 2.45) is 0 Å². The van der Waals surface area contributed by atoms with Crippen molar-refractivity contribution in [3.05, 3.63) is 28.8 Å². The Morgan fingerprint density at radius 3 is 2.70 bits per heavy atom. The number of benzene rings is 1. The molecule has 108 valence electrons. The Balaban J connectivity index is 1.89. The monoisotopic (exact) mass is 291 g/mol. The molecule has 1 aromatic heterocycles. The third-order valence-electron chi connectivity index (χ3n) is 3.42. The van der Waals surface area contributed by atoms with E-state index in [1.54, 1.807) is 29.5 Å². The van der Waals surface area contributed by atoms with Crippen molar-refractivity contribution in [2.45, 2.75) is 51.9 Å². The maximum Gasteiger partial charge on any atom is 0.335 e. The summed E-state index contributed by atoms with van der Waals surface area (Å²) in [7, 11) is 0. The molecule has 0 unspecified atom stereocenters. The number of unbranched alkanes of at least 4 members (excludes halogenated alkanes) is 5. The zero-order valence-corrected chi connectivity index (χ0v) is 12.7. The van der Waals surface area contributed by atoms with Gasteiger partial charge in [0, 0.05) is 0 Å². The first-order valence-corrected chi connectivity index (χ1v) is 8.15. The number of aromatic nitrogens is 1. The molecule has 0 spiro atoms. The Kier molecular flexibility index (Phi) is 5.53. The summed E-state index contributed by atoms with van der Waals surface area (Å²) in [5.74, 6) is -0.877. The lowest BCUT2D eigenvalue weighted by Crippen LogP contribution is -1.94. The predicted molar refractivity (Wildman–Crippen MR) is 83.7 cm³/mol. The minimum Gasteiger partial charge on any atom is -0.478 e.